The zero-order valence-corrected chi connectivity index (χ0v) is 10.9. The molecule has 3 heteroatoms. The van der Waals surface area contributed by atoms with E-state index in [2.05, 4.69) is 49.1 Å². The summed E-state index contributed by atoms with van der Waals surface area (Å²) in [5, 5.41) is 3.31. The minimum absolute atomic E-state index is 0.315. The van der Waals surface area contributed by atoms with Crippen molar-refractivity contribution in [2.75, 3.05) is 13.7 Å². The van der Waals surface area contributed by atoms with Crippen LogP contribution in [0.25, 0.3) is 0 Å². The SMILES string of the molecule is CCC(NC)c1ccn(CCOC(C)C)c1. The predicted octanol–water partition coefficient (Wildman–Crippen LogP) is 2.58. The minimum atomic E-state index is 0.315. The molecule has 0 fully saturated rings. The lowest BCUT2D eigenvalue weighted by atomic mass is 10.1. The lowest BCUT2D eigenvalue weighted by Crippen LogP contribution is -2.14. The molecule has 16 heavy (non-hydrogen) atoms. The molecule has 1 rings (SSSR count). The number of rotatable bonds is 7. The van der Waals surface area contributed by atoms with E-state index in [0.29, 0.717) is 12.1 Å². The van der Waals surface area contributed by atoms with Crippen molar-refractivity contribution in [1.82, 2.24) is 9.88 Å². The van der Waals surface area contributed by atoms with Gasteiger partial charge in [0, 0.05) is 25.0 Å². The maximum absolute atomic E-state index is 5.53. The van der Waals surface area contributed by atoms with Gasteiger partial charge in [0.25, 0.3) is 0 Å². The largest absolute Gasteiger partial charge is 0.377 e. The van der Waals surface area contributed by atoms with E-state index < -0.39 is 0 Å². The molecule has 0 aromatic carbocycles. The van der Waals surface area contributed by atoms with Crippen LogP contribution in [-0.4, -0.2) is 24.3 Å². The summed E-state index contributed by atoms with van der Waals surface area (Å²) in [6.45, 7) is 8.03. The third-order valence-electron chi connectivity index (χ3n) is 2.73. The fraction of sp³-hybridized carbons (Fsp3) is 0.692. The molecule has 1 unspecified atom stereocenters. The van der Waals surface area contributed by atoms with Crippen molar-refractivity contribution in [2.45, 2.75) is 45.9 Å². The average Bonchev–Trinajstić information content (AvgIpc) is 2.68. The Kier molecular flexibility index (Phi) is 5.56. The van der Waals surface area contributed by atoms with Crippen molar-refractivity contribution in [3.05, 3.63) is 24.0 Å². The summed E-state index contributed by atoms with van der Waals surface area (Å²) in [6.07, 6.45) is 5.76. The lowest BCUT2D eigenvalue weighted by molar-refractivity contribution is 0.0728. The first-order valence-electron chi connectivity index (χ1n) is 6.12. The number of hydrogen-bond acceptors (Lipinski definition) is 2. The molecule has 0 amide bonds. The van der Waals surface area contributed by atoms with Crippen molar-refractivity contribution >= 4 is 0 Å². The number of nitrogens with zero attached hydrogens (tertiary/aromatic N) is 1. The van der Waals surface area contributed by atoms with Crippen LogP contribution in [0.3, 0.4) is 0 Å². The van der Waals surface area contributed by atoms with Crippen LogP contribution in [0.5, 0.6) is 0 Å². The third-order valence-corrected chi connectivity index (χ3v) is 2.73. The summed E-state index contributed by atoms with van der Waals surface area (Å²) in [5.74, 6) is 0. The van der Waals surface area contributed by atoms with E-state index in [9.17, 15) is 0 Å². The van der Waals surface area contributed by atoms with Gasteiger partial charge < -0.3 is 14.6 Å². The lowest BCUT2D eigenvalue weighted by Gasteiger charge is -2.11. The normalized spacial score (nSPS) is 13.3. The fourth-order valence-electron chi connectivity index (χ4n) is 1.80. The van der Waals surface area contributed by atoms with Crippen LogP contribution in [0, 0.1) is 0 Å². The summed E-state index contributed by atoms with van der Waals surface area (Å²) >= 11 is 0. The van der Waals surface area contributed by atoms with Crippen LogP contribution >= 0.6 is 0 Å². The van der Waals surface area contributed by atoms with Crippen LogP contribution in [0.1, 0.15) is 38.8 Å². The highest BCUT2D eigenvalue weighted by Gasteiger charge is 2.07. The molecule has 1 N–H and O–H groups in total. The summed E-state index contributed by atoms with van der Waals surface area (Å²) in [5.41, 5.74) is 1.36. The van der Waals surface area contributed by atoms with Crippen LogP contribution in [0.4, 0.5) is 0 Å². The Balaban J connectivity index is 2.44. The molecule has 0 spiro atoms. The Morgan fingerprint density at radius 3 is 2.75 bits per heavy atom. The van der Waals surface area contributed by atoms with Gasteiger partial charge in [-0.2, -0.15) is 0 Å². The van der Waals surface area contributed by atoms with E-state index in [4.69, 9.17) is 4.74 Å². The molecule has 0 aliphatic heterocycles. The van der Waals surface area contributed by atoms with Crippen molar-refractivity contribution in [3.8, 4) is 0 Å². The van der Waals surface area contributed by atoms with E-state index in [-0.39, 0.29) is 0 Å². The number of ether oxygens (including phenoxy) is 1. The van der Waals surface area contributed by atoms with Crippen LogP contribution in [-0.2, 0) is 11.3 Å². The Bertz CT molecular complexity index is 290. The van der Waals surface area contributed by atoms with Crippen molar-refractivity contribution < 1.29 is 4.74 Å². The van der Waals surface area contributed by atoms with Gasteiger partial charge in [0.15, 0.2) is 0 Å². The van der Waals surface area contributed by atoms with Gasteiger partial charge >= 0.3 is 0 Å². The van der Waals surface area contributed by atoms with E-state index in [1.165, 1.54) is 5.56 Å². The highest BCUT2D eigenvalue weighted by atomic mass is 16.5. The Labute approximate surface area is 98.8 Å². The second kappa shape index (κ2) is 6.71. The molecule has 0 bridgehead atoms. The summed E-state index contributed by atoms with van der Waals surface area (Å²) in [6, 6.07) is 2.65. The molecule has 1 heterocycles. The van der Waals surface area contributed by atoms with Crippen molar-refractivity contribution in [1.29, 1.82) is 0 Å². The molecule has 1 aromatic heterocycles. The quantitative estimate of drug-likeness (QED) is 0.770. The Hall–Kier alpha value is -0.800. The number of hydrogen-bond donors (Lipinski definition) is 1. The monoisotopic (exact) mass is 224 g/mol. The standard InChI is InChI=1S/C13H24N2O/c1-5-13(14-4)12-6-7-15(10-12)8-9-16-11(2)3/h6-7,10-11,13-14H,5,8-9H2,1-4H3. The zero-order chi connectivity index (χ0) is 12.0. The van der Waals surface area contributed by atoms with E-state index in [1.54, 1.807) is 0 Å². The van der Waals surface area contributed by atoms with Gasteiger partial charge in [-0.3, -0.25) is 0 Å². The first kappa shape index (κ1) is 13.3. The van der Waals surface area contributed by atoms with Gasteiger partial charge in [-0.1, -0.05) is 6.92 Å². The number of aromatic nitrogens is 1. The van der Waals surface area contributed by atoms with E-state index in [1.807, 2.05) is 7.05 Å². The maximum atomic E-state index is 5.53. The first-order valence-corrected chi connectivity index (χ1v) is 6.12. The molecule has 0 aliphatic rings. The smallest absolute Gasteiger partial charge is 0.0648 e. The first-order chi connectivity index (χ1) is 7.67. The van der Waals surface area contributed by atoms with E-state index in [0.717, 1.165) is 19.6 Å². The molecular weight excluding hydrogens is 200 g/mol. The van der Waals surface area contributed by atoms with Crippen LogP contribution in [0.2, 0.25) is 0 Å². The molecule has 0 saturated carbocycles. The van der Waals surface area contributed by atoms with Gasteiger partial charge in [0.05, 0.1) is 12.7 Å². The summed E-state index contributed by atoms with van der Waals surface area (Å²) in [4.78, 5) is 0. The number of nitrogens with one attached hydrogen (secondary N) is 1. The van der Waals surface area contributed by atoms with Gasteiger partial charge in [-0.05, 0) is 38.9 Å². The van der Waals surface area contributed by atoms with Gasteiger partial charge in [0.1, 0.15) is 0 Å². The third kappa shape index (κ3) is 3.99. The highest BCUT2D eigenvalue weighted by Crippen LogP contribution is 2.16. The predicted molar refractivity (Wildman–Crippen MR) is 67.6 cm³/mol. The minimum Gasteiger partial charge on any atom is -0.377 e. The van der Waals surface area contributed by atoms with Crippen molar-refractivity contribution in [3.63, 3.8) is 0 Å². The molecule has 1 aromatic rings. The molecule has 92 valence electrons. The van der Waals surface area contributed by atoms with Gasteiger partial charge in [-0.25, -0.2) is 0 Å². The second-order valence-electron chi connectivity index (χ2n) is 4.35. The van der Waals surface area contributed by atoms with Crippen molar-refractivity contribution in [2.24, 2.45) is 0 Å². The molecule has 1 atom stereocenters. The topological polar surface area (TPSA) is 26.2 Å². The summed E-state index contributed by atoms with van der Waals surface area (Å²) in [7, 11) is 2.01. The average molecular weight is 224 g/mol. The molecule has 0 aliphatic carbocycles. The molecule has 0 radical (unpaired) electrons. The second-order valence-corrected chi connectivity index (χ2v) is 4.35. The van der Waals surface area contributed by atoms with Crippen LogP contribution < -0.4 is 5.32 Å². The molecular formula is C13H24N2O. The maximum Gasteiger partial charge on any atom is 0.0648 e. The Morgan fingerprint density at radius 1 is 1.44 bits per heavy atom. The summed E-state index contributed by atoms with van der Waals surface area (Å²) < 4.78 is 7.72. The van der Waals surface area contributed by atoms with Gasteiger partial charge in [-0.15, -0.1) is 0 Å². The zero-order valence-electron chi connectivity index (χ0n) is 10.9. The molecule has 3 nitrogen and oxygen atoms in total. The fourth-order valence-corrected chi connectivity index (χ4v) is 1.80. The highest BCUT2D eigenvalue weighted by molar-refractivity contribution is 5.15. The van der Waals surface area contributed by atoms with E-state index >= 15 is 0 Å². The van der Waals surface area contributed by atoms with Gasteiger partial charge in [0.2, 0.25) is 0 Å². The van der Waals surface area contributed by atoms with Crippen LogP contribution in [0.15, 0.2) is 18.5 Å². The molecule has 0 saturated heterocycles. The Morgan fingerprint density at radius 2 is 2.19 bits per heavy atom.